The normalized spacial score (nSPS) is 17.9. The molecule has 1 aliphatic heterocycles. The number of halogens is 4. The number of aliphatic hydroxyl groups excluding tert-OH is 1. The lowest BCUT2D eigenvalue weighted by Crippen LogP contribution is -2.55. The summed E-state index contributed by atoms with van der Waals surface area (Å²) in [7, 11) is 0. The summed E-state index contributed by atoms with van der Waals surface area (Å²) in [5, 5.41) is 34.7. The molecule has 34 heavy (non-hydrogen) atoms. The minimum absolute atomic E-state index is 0.00247. The third-order valence-electron chi connectivity index (χ3n) is 5.70. The number of rotatable bonds is 5. The Morgan fingerprint density at radius 1 is 1.26 bits per heavy atom. The van der Waals surface area contributed by atoms with Crippen LogP contribution in [0.25, 0.3) is 5.65 Å². The fraction of sp³-hybridized carbons (Fsp3) is 0.381. The molecule has 0 bridgehead atoms. The third-order valence-corrected chi connectivity index (χ3v) is 5.70. The van der Waals surface area contributed by atoms with Gasteiger partial charge in [0, 0.05) is 12.7 Å². The number of fused-ring (bicyclic) bond motifs is 1. The molecule has 0 saturated carbocycles. The van der Waals surface area contributed by atoms with Crippen molar-refractivity contribution in [1.29, 1.82) is 0 Å². The van der Waals surface area contributed by atoms with Crippen LogP contribution >= 0.6 is 0 Å². The van der Waals surface area contributed by atoms with Gasteiger partial charge in [0.05, 0.1) is 17.8 Å². The predicted octanol–water partition coefficient (Wildman–Crippen LogP) is 1.98. The molecule has 1 fully saturated rings. The van der Waals surface area contributed by atoms with Crippen LogP contribution in [0.3, 0.4) is 0 Å². The Morgan fingerprint density at radius 3 is 2.68 bits per heavy atom. The zero-order valence-corrected chi connectivity index (χ0v) is 17.8. The van der Waals surface area contributed by atoms with Crippen molar-refractivity contribution >= 4 is 17.4 Å². The van der Waals surface area contributed by atoms with E-state index in [1.165, 1.54) is 16.8 Å². The summed E-state index contributed by atoms with van der Waals surface area (Å²) < 4.78 is 55.9. The molecular formula is C21H21F4N5O4. The number of carbonyl (C=O) groups is 1. The molecule has 1 aromatic carbocycles. The van der Waals surface area contributed by atoms with Crippen LogP contribution in [0.1, 0.15) is 47.3 Å². The predicted molar refractivity (Wildman–Crippen MR) is 110 cm³/mol. The molecule has 9 nitrogen and oxygen atoms in total. The van der Waals surface area contributed by atoms with Gasteiger partial charge in [-0.15, -0.1) is 0 Å². The Hall–Kier alpha value is -3.29. The van der Waals surface area contributed by atoms with Crippen LogP contribution in [0.4, 0.5) is 23.4 Å². The number of aliphatic hydroxyl groups is 3. The number of benzene rings is 1. The van der Waals surface area contributed by atoms with E-state index in [2.05, 4.69) is 10.1 Å². The van der Waals surface area contributed by atoms with E-state index >= 15 is 0 Å². The Morgan fingerprint density at radius 2 is 2.00 bits per heavy atom. The number of aromatic nitrogens is 3. The zero-order valence-electron chi connectivity index (χ0n) is 17.8. The highest BCUT2D eigenvalue weighted by Crippen LogP contribution is 2.42. The molecule has 0 aliphatic carbocycles. The van der Waals surface area contributed by atoms with E-state index in [9.17, 15) is 37.7 Å². The molecule has 4 N–H and O–H groups in total. The summed E-state index contributed by atoms with van der Waals surface area (Å²) in [6.45, 7) is 1.40. The molecule has 0 spiro atoms. The maximum Gasteiger partial charge on any atom is 0.416 e. The molecule has 2 atom stereocenters. The van der Waals surface area contributed by atoms with E-state index < -0.39 is 41.5 Å². The Balaban J connectivity index is 1.72. The summed E-state index contributed by atoms with van der Waals surface area (Å²) in [5.41, 5.74) is -1.30. The smallest absolute Gasteiger partial charge is 0.386 e. The first-order chi connectivity index (χ1) is 15.9. The van der Waals surface area contributed by atoms with Crippen LogP contribution in [-0.2, 0) is 6.18 Å². The zero-order chi connectivity index (χ0) is 24.8. The summed E-state index contributed by atoms with van der Waals surface area (Å²) in [5.74, 6) is -4.46. The minimum atomic E-state index is -4.67. The number of amides is 1. The Bertz CT molecular complexity index is 1230. The SMILES string of the molecule is C[C@H](O)C(O)(O)NC(=O)c1cnn2ccc(N3CCC[C@@H]3c3cc(F)ccc3C(F)(F)F)nc12. The van der Waals surface area contributed by atoms with Crippen LogP contribution in [-0.4, -0.2) is 54.4 Å². The van der Waals surface area contributed by atoms with Crippen LogP contribution in [0, 0.1) is 5.82 Å². The number of carbonyl (C=O) groups excluding carboxylic acids is 1. The molecule has 3 aromatic rings. The lowest BCUT2D eigenvalue weighted by Gasteiger charge is -2.28. The summed E-state index contributed by atoms with van der Waals surface area (Å²) >= 11 is 0. The first kappa shape index (κ1) is 23.9. The van der Waals surface area contributed by atoms with Gasteiger partial charge in [0.1, 0.15) is 23.3 Å². The van der Waals surface area contributed by atoms with Crippen molar-refractivity contribution in [3.8, 4) is 0 Å². The van der Waals surface area contributed by atoms with Gasteiger partial charge in [0.15, 0.2) is 5.65 Å². The molecule has 1 amide bonds. The maximum absolute atomic E-state index is 13.9. The second-order valence-corrected chi connectivity index (χ2v) is 8.05. The number of nitrogens with one attached hydrogen (secondary N) is 1. The molecule has 1 aliphatic rings. The van der Waals surface area contributed by atoms with Crippen molar-refractivity contribution in [2.45, 2.75) is 44.0 Å². The second kappa shape index (κ2) is 8.49. The summed E-state index contributed by atoms with van der Waals surface area (Å²) in [6.07, 6.45) is -2.95. The molecule has 4 rings (SSSR count). The first-order valence-electron chi connectivity index (χ1n) is 10.3. The van der Waals surface area contributed by atoms with Crippen LogP contribution < -0.4 is 10.2 Å². The van der Waals surface area contributed by atoms with Crippen molar-refractivity contribution < 1.29 is 37.7 Å². The Kier molecular flexibility index (Phi) is 5.96. The largest absolute Gasteiger partial charge is 0.416 e. The Labute approximate surface area is 190 Å². The van der Waals surface area contributed by atoms with Gasteiger partial charge in [-0.2, -0.15) is 18.3 Å². The van der Waals surface area contributed by atoms with Gasteiger partial charge in [-0.1, -0.05) is 0 Å². The van der Waals surface area contributed by atoms with Crippen molar-refractivity contribution in [3.63, 3.8) is 0 Å². The monoisotopic (exact) mass is 483 g/mol. The van der Waals surface area contributed by atoms with E-state index in [1.807, 2.05) is 5.32 Å². The first-order valence-corrected chi connectivity index (χ1v) is 10.3. The van der Waals surface area contributed by atoms with Crippen LogP contribution in [0.15, 0.2) is 36.7 Å². The number of alkyl halides is 3. The number of nitrogens with zero attached hydrogens (tertiary/aromatic N) is 4. The van der Waals surface area contributed by atoms with Gasteiger partial charge in [-0.3, -0.25) is 10.1 Å². The second-order valence-electron chi connectivity index (χ2n) is 8.05. The molecular weight excluding hydrogens is 462 g/mol. The fourth-order valence-corrected chi connectivity index (χ4v) is 3.95. The van der Waals surface area contributed by atoms with Crippen LogP contribution in [0.2, 0.25) is 0 Å². The molecule has 13 heteroatoms. The van der Waals surface area contributed by atoms with Crippen molar-refractivity contribution in [3.05, 3.63) is 59.2 Å². The molecule has 3 heterocycles. The average molecular weight is 483 g/mol. The van der Waals surface area contributed by atoms with Crippen molar-refractivity contribution in [2.24, 2.45) is 0 Å². The molecule has 0 radical (unpaired) electrons. The lowest BCUT2D eigenvalue weighted by atomic mass is 9.97. The summed E-state index contributed by atoms with van der Waals surface area (Å²) in [6, 6.07) is 3.06. The van der Waals surface area contributed by atoms with E-state index in [-0.39, 0.29) is 22.6 Å². The molecule has 2 aromatic heterocycles. The topological polar surface area (TPSA) is 123 Å². The highest BCUT2D eigenvalue weighted by molar-refractivity contribution is 6.00. The van der Waals surface area contributed by atoms with Gasteiger partial charge in [-0.05, 0) is 49.6 Å². The van der Waals surface area contributed by atoms with Crippen molar-refractivity contribution in [1.82, 2.24) is 19.9 Å². The van der Waals surface area contributed by atoms with E-state index in [1.54, 1.807) is 4.90 Å². The number of hydrogen-bond acceptors (Lipinski definition) is 7. The van der Waals surface area contributed by atoms with Crippen molar-refractivity contribution in [2.75, 3.05) is 11.4 Å². The molecule has 0 unspecified atom stereocenters. The fourth-order valence-electron chi connectivity index (χ4n) is 3.95. The van der Waals surface area contributed by atoms with Crippen LogP contribution in [0.5, 0.6) is 0 Å². The van der Waals surface area contributed by atoms with E-state index in [0.717, 1.165) is 31.3 Å². The van der Waals surface area contributed by atoms with Gasteiger partial charge in [-0.25, -0.2) is 13.9 Å². The summed E-state index contributed by atoms with van der Waals surface area (Å²) in [4.78, 5) is 18.5. The molecule has 1 saturated heterocycles. The van der Waals surface area contributed by atoms with E-state index in [4.69, 9.17) is 0 Å². The quantitative estimate of drug-likeness (QED) is 0.323. The standard InChI is InChI=1S/C21H21F4N5O4/c1-11(31)21(33,34)28-19(32)14-10-26-30-8-6-17(27-18(14)30)29-7-2-3-16(29)13-9-12(22)4-5-15(13)20(23,24)25/h4-6,8-11,16,31,33-34H,2-3,7H2,1H3,(H,28,32)/t11-,16+/m0/s1. The van der Waals surface area contributed by atoms with Gasteiger partial charge >= 0.3 is 6.18 Å². The minimum Gasteiger partial charge on any atom is -0.386 e. The average Bonchev–Trinajstić information content (AvgIpc) is 3.39. The number of anilines is 1. The lowest BCUT2D eigenvalue weighted by molar-refractivity contribution is -0.232. The highest BCUT2D eigenvalue weighted by atomic mass is 19.4. The van der Waals surface area contributed by atoms with Gasteiger partial charge in [0.25, 0.3) is 11.8 Å². The van der Waals surface area contributed by atoms with E-state index in [0.29, 0.717) is 19.4 Å². The molecule has 182 valence electrons. The van der Waals surface area contributed by atoms with Gasteiger partial charge in [0.2, 0.25) is 0 Å². The van der Waals surface area contributed by atoms with Gasteiger partial charge < -0.3 is 20.2 Å². The third kappa shape index (κ3) is 4.41. The highest BCUT2D eigenvalue weighted by Gasteiger charge is 2.39. The number of hydrogen-bond donors (Lipinski definition) is 4. The maximum atomic E-state index is 13.9.